The summed E-state index contributed by atoms with van der Waals surface area (Å²) in [7, 11) is 1.59. The van der Waals surface area contributed by atoms with Crippen molar-refractivity contribution in [1.82, 2.24) is 0 Å². The number of aliphatic hydroxyl groups is 2. The van der Waals surface area contributed by atoms with Gasteiger partial charge in [0.25, 0.3) is 0 Å². The summed E-state index contributed by atoms with van der Waals surface area (Å²) in [5, 5.41) is 17.4. The molecule has 4 heteroatoms. The Hall–Kier alpha value is -0.160. The predicted octanol–water partition coefficient (Wildman–Crippen LogP) is -0.607. The molecule has 1 unspecified atom stereocenters. The maximum absolute atomic E-state index is 9.02. The van der Waals surface area contributed by atoms with E-state index in [2.05, 4.69) is 0 Å². The van der Waals surface area contributed by atoms with Crippen LogP contribution in [0, 0.1) is 0 Å². The molecule has 0 aromatic rings. The monoisotopic (exact) mass is 164 g/mol. The number of hydrogen-bond acceptors (Lipinski definition) is 4. The van der Waals surface area contributed by atoms with Crippen LogP contribution in [0.15, 0.2) is 0 Å². The fraction of sp³-hybridized carbons (Fsp3) is 1.00. The van der Waals surface area contributed by atoms with Gasteiger partial charge in [0.05, 0.1) is 25.9 Å². The number of hydrogen-bond donors (Lipinski definition) is 2. The maximum Gasteiger partial charge on any atom is 0.0795 e. The summed E-state index contributed by atoms with van der Waals surface area (Å²) in [6, 6.07) is 0. The highest BCUT2D eigenvalue weighted by atomic mass is 16.5. The SMILES string of the molecule is COCCOCC(O)CCO. The molecule has 0 saturated carbocycles. The third-order valence-corrected chi connectivity index (χ3v) is 1.20. The normalized spacial score (nSPS) is 13.4. The van der Waals surface area contributed by atoms with Gasteiger partial charge in [0.1, 0.15) is 0 Å². The molecule has 1 atom stereocenters. The Morgan fingerprint density at radius 1 is 1.36 bits per heavy atom. The van der Waals surface area contributed by atoms with Crippen molar-refractivity contribution in [3.63, 3.8) is 0 Å². The first kappa shape index (κ1) is 10.8. The first-order chi connectivity index (χ1) is 5.31. The molecule has 0 saturated heterocycles. The first-order valence-electron chi connectivity index (χ1n) is 3.67. The fourth-order valence-electron chi connectivity index (χ4n) is 0.594. The highest BCUT2D eigenvalue weighted by Gasteiger charge is 2.01. The lowest BCUT2D eigenvalue weighted by atomic mass is 10.3. The molecule has 0 radical (unpaired) electrons. The molecule has 0 heterocycles. The Morgan fingerprint density at radius 3 is 2.64 bits per heavy atom. The third-order valence-electron chi connectivity index (χ3n) is 1.20. The van der Waals surface area contributed by atoms with Crippen molar-refractivity contribution in [3.8, 4) is 0 Å². The van der Waals surface area contributed by atoms with Gasteiger partial charge in [-0.2, -0.15) is 0 Å². The average molecular weight is 164 g/mol. The summed E-state index contributed by atoms with van der Waals surface area (Å²) in [5.41, 5.74) is 0. The molecular weight excluding hydrogens is 148 g/mol. The summed E-state index contributed by atoms with van der Waals surface area (Å²) in [6.07, 6.45) is -0.190. The van der Waals surface area contributed by atoms with Crippen molar-refractivity contribution in [1.29, 1.82) is 0 Å². The topological polar surface area (TPSA) is 58.9 Å². The van der Waals surface area contributed by atoms with Crippen LogP contribution in [0.1, 0.15) is 6.42 Å². The Morgan fingerprint density at radius 2 is 2.09 bits per heavy atom. The van der Waals surface area contributed by atoms with Crippen LogP contribution in [0.25, 0.3) is 0 Å². The maximum atomic E-state index is 9.02. The lowest BCUT2D eigenvalue weighted by molar-refractivity contribution is 0.00476. The van der Waals surface area contributed by atoms with Crippen LogP contribution >= 0.6 is 0 Å². The first-order valence-corrected chi connectivity index (χ1v) is 3.67. The Labute approximate surface area is 66.7 Å². The molecule has 0 aliphatic carbocycles. The second kappa shape index (κ2) is 7.94. The third kappa shape index (κ3) is 7.74. The van der Waals surface area contributed by atoms with Gasteiger partial charge in [-0.15, -0.1) is 0 Å². The van der Waals surface area contributed by atoms with Crippen LogP contribution in [0.5, 0.6) is 0 Å². The van der Waals surface area contributed by atoms with Gasteiger partial charge in [-0.05, 0) is 6.42 Å². The predicted molar refractivity (Wildman–Crippen MR) is 40.4 cm³/mol. The van der Waals surface area contributed by atoms with Crippen molar-refractivity contribution >= 4 is 0 Å². The largest absolute Gasteiger partial charge is 0.396 e. The Bertz CT molecular complexity index is 76.8. The van der Waals surface area contributed by atoms with E-state index in [1.54, 1.807) is 7.11 Å². The van der Waals surface area contributed by atoms with Gasteiger partial charge in [-0.25, -0.2) is 0 Å². The minimum absolute atomic E-state index is 0.00515. The van der Waals surface area contributed by atoms with Gasteiger partial charge < -0.3 is 19.7 Å². The van der Waals surface area contributed by atoms with Crippen LogP contribution in [0.3, 0.4) is 0 Å². The number of ether oxygens (including phenoxy) is 2. The summed E-state index contributed by atoms with van der Waals surface area (Å²) in [5.74, 6) is 0. The van der Waals surface area contributed by atoms with E-state index in [9.17, 15) is 0 Å². The standard InChI is InChI=1S/C7H16O4/c1-10-4-5-11-6-7(9)2-3-8/h7-9H,2-6H2,1H3. The van der Waals surface area contributed by atoms with E-state index in [4.69, 9.17) is 19.7 Å². The van der Waals surface area contributed by atoms with Gasteiger partial charge in [0.15, 0.2) is 0 Å². The van der Waals surface area contributed by atoms with E-state index < -0.39 is 6.10 Å². The molecular formula is C7H16O4. The second-order valence-corrected chi connectivity index (χ2v) is 2.23. The summed E-state index contributed by atoms with van der Waals surface area (Å²) < 4.78 is 9.73. The van der Waals surface area contributed by atoms with Crippen LogP contribution in [0.2, 0.25) is 0 Å². The molecule has 0 rings (SSSR count). The highest BCUT2D eigenvalue weighted by Crippen LogP contribution is 1.90. The molecule has 0 aliphatic rings. The lowest BCUT2D eigenvalue weighted by Crippen LogP contribution is -2.18. The van der Waals surface area contributed by atoms with Gasteiger partial charge in [-0.1, -0.05) is 0 Å². The molecule has 4 nitrogen and oxygen atoms in total. The number of rotatable bonds is 7. The molecule has 2 N–H and O–H groups in total. The average Bonchev–Trinajstić information content (AvgIpc) is 1.99. The van der Waals surface area contributed by atoms with Gasteiger partial charge in [0, 0.05) is 13.7 Å². The molecule has 0 amide bonds. The molecule has 0 aromatic heterocycles. The summed E-state index contributed by atoms with van der Waals surface area (Å²) >= 11 is 0. The quantitative estimate of drug-likeness (QED) is 0.493. The zero-order chi connectivity index (χ0) is 8.53. The van der Waals surface area contributed by atoms with Crippen molar-refractivity contribution < 1.29 is 19.7 Å². The second-order valence-electron chi connectivity index (χ2n) is 2.23. The Kier molecular flexibility index (Phi) is 7.83. The number of aliphatic hydroxyl groups excluding tert-OH is 2. The minimum Gasteiger partial charge on any atom is -0.396 e. The van der Waals surface area contributed by atoms with Crippen LogP contribution < -0.4 is 0 Å². The van der Waals surface area contributed by atoms with Gasteiger partial charge in [0.2, 0.25) is 0 Å². The van der Waals surface area contributed by atoms with Crippen molar-refractivity contribution in [2.45, 2.75) is 12.5 Å². The van der Waals surface area contributed by atoms with E-state index in [0.717, 1.165) is 0 Å². The van der Waals surface area contributed by atoms with Crippen molar-refractivity contribution in [2.24, 2.45) is 0 Å². The smallest absolute Gasteiger partial charge is 0.0795 e. The highest BCUT2D eigenvalue weighted by molar-refractivity contribution is 4.51. The molecule has 0 fully saturated rings. The minimum atomic E-state index is -0.558. The Balaban J connectivity index is 2.97. The summed E-state index contributed by atoms with van der Waals surface area (Å²) in [4.78, 5) is 0. The molecule has 11 heavy (non-hydrogen) atoms. The van der Waals surface area contributed by atoms with Gasteiger partial charge in [-0.3, -0.25) is 0 Å². The van der Waals surface area contributed by atoms with E-state index in [1.807, 2.05) is 0 Å². The zero-order valence-corrected chi connectivity index (χ0v) is 6.82. The summed E-state index contributed by atoms with van der Waals surface area (Å²) in [6.45, 7) is 1.28. The molecule has 0 aliphatic heterocycles. The van der Waals surface area contributed by atoms with E-state index in [1.165, 1.54) is 0 Å². The number of methoxy groups -OCH3 is 1. The van der Waals surface area contributed by atoms with Crippen molar-refractivity contribution in [3.05, 3.63) is 0 Å². The zero-order valence-electron chi connectivity index (χ0n) is 6.82. The molecule has 0 aromatic carbocycles. The van der Waals surface area contributed by atoms with Crippen LogP contribution in [-0.2, 0) is 9.47 Å². The van der Waals surface area contributed by atoms with Crippen LogP contribution in [0.4, 0.5) is 0 Å². The van der Waals surface area contributed by atoms with Crippen molar-refractivity contribution in [2.75, 3.05) is 33.5 Å². The van der Waals surface area contributed by atoms with Crippen LogP contribution in [-0.4, -0.2) is 49.9 Å². The fourth-order valence-corrected chi connectivity index (χ4v) is 0.594. The van der Waals surface area contributed by atoms with Gasteiger partial charge >= 0.3 is 0 Å². The molecule has 0 spiro atoms. The molecule has 0 bridgehead atoms. The molecule has 68 valence electrons. The lowest BCUT2D eigenvalue weighted by Gasteiger charge is -2.08. The van der Waals surface area contributed by atoms with E-state index in [0.29, 0.717) is 19.6 Å². The van der Waals surface area contributed by atoms with E-state index >= 15 is 0 Å². The van der Waals surface area contributed by atoms with E-state index in [-0.39, 0.29) is 13.2 Å².